The van der Waals surface area contributed by atoms with Gasteiger partial charge in [-0.1, -0.05) is 19.8 Å². The topological polar surface area (TPSA) is 26.3 Å². The van der Waals surface area contributed by atoms with E-state index in [1.54, 1.807) is 0 Å². The quantitative estimate of drug-likeness (QED) is 0.708. The summed E-state index contributed by atoms with van der Waals surface area (Å²) in [7, 11) is 0. The zero-order chi connectivity index (χ0) is 12.2. The molecule has 1 aliphatic rings. The van der Waals surface area contributed by atoms with Gasteiger partial charge in [-0.05, 0) is 44.8 Å². The summed E-state index contributed by atoms with van der Waals surface area (Å²) < 4.78 is 5.59. The van der Waals surface area contributed by atoms with E-state index in [2.05, 4.69) is 20.8 Å². The number of thioether (sulfide) groups is 1. The van der Waals surface area contributed by atoms with Crippen LogP contribution in [0.2, 0.25) is 0 Å². The minimum absolute atomic E-state index is 0.0730. The van der Waals surface area contributed by atoms with Gasteiger partial charge in [-0.25, -0.2) is 0 Å². The molecule has 0 radical (unpaired) electrons. The number of carbonyl (C=O) groups is 1. The van der Waals surface area contributed by atoms with E-state index in [-0.39, 0.29) is 11.6 Å². The van der Waals surface area contributed by atoms with Crippen LogP contribution in [0.4, 0.5) is 0 Å². The van der Waals surface area contributed by atoms with Gasteiger partial charge in [-0.15, -0.1) is 0 Å². The summed E-state index contributed by atoms with van der Waals surface area (Å²) in [4.78, 5) is 11.5. The van der Waals surface area contributed by atoms with Crippen molar-refractivity contribution in [2.24, 2.45) is 11.8 Å². The normalized spacial score (nSPS) is 26.5. The molecular formula is C13H24O2S. The Kier molecular flexibility index (Phi) is 5.16. The third kappa shape index (κ3) is 4.00. The second-order valence-electron chi connectivity index (χ2n) is 5.47. The fraction of sp³-hybridized carbons (Fsp3) is 0.923. The monoisotopic (exact) mass is 244 g/mol. The maximum absolute atomic E-state index is 11.5. The average Bonchev–Trinajstić information content (AvgIpc) is 2.17. The van der Waals surface area contributed by atoms with Crippen molar-refractivity contribution in [1.82, 2.24) is 0 Å². The van der Waals surface area contributed by atoms with E-state index in [4.69, 9.17) is 4.74 Å². The highest BCUT2D eigenvalue weighted by molar-refractivity contribution is 7.99. The van der Waals surface area contributed by atoms with E-state index in [9.17, 15) is 4.79 Å². The Hall–Kier alpha value is -0.180. The molecule has 0 aromatic carbocycles. The standard InChI is InChI=1S/C13H24O2S/c1-10-5-7-11(8-6-10)13(2,3)15-12(14)9-16-4/h10-11H,5-9H2,1-4H3. The van der Waals surface area contributed by atoms with E-state index in [0.29, 0.717) is 11.7 Å². The maximum Gasteiger partial charge on any atom is 0.316 e. The van der Waals surface area contributed by atoms with Crippen molar-refractivity contribution >= 4 is 17.7 Å². The molecule has 0 aromatic heterocycles. The summed E-state index contributed by atoms with van der Waals surface area (Å²) in [5.74, 6) is 1.77. The predicted molar refractivity (Wildman–Crippen MR) is 69.7 cm³/mol. The summed E-state index contributed by atoms with van der Waals surface area (Å²) in [5.41, 5.74) is -0.285. The number of carbonyl (C=O) groups excluding carboxylic acids is 1. The van der Waals surface area contributed by atoms with Gasteiger partial charge in [0.25, 0.3) is 0 Å². The molecule has 0 amide bonds. The number of ether oxygens (including phenoxy) is 1. The molecule has 0 unspecified atom stereocenters. The summed E-state index contributed by atoms with van der Waals surface area (Å²) >= 11 is 1.52. The molecule has 1 saturated carbocycles. The molecule has 94 valence electrons. The van der Waals surface area contributed by atoms with Gasteiger partial charge in [0.15, 0.2) is 0 Å². The Balaban J connectivity index is 2.46. The van der Waals surface area contributed by atoms with Gasteiger partial charge < -0.3 is 4.74 Å². The zero-order valence-corrected chi connectivity index (χ0v) is 11.7. The molecule has 0 aliphatic heterocycles. The molecule has 0 heterocycles. The van der Waals surface area contributed by atoms with Crippen molar-refractivity contribution < 1.29 is 9.53 Å². The third-order valence-corrected chi connectivity index (χ3v) is 4.16. The van der Waals surface area contributed by atoms with Crippen LogP contribution >= 0.6 is 11.8 Å². The van der Waals surface area contributed by atoms with E-state index in [1.807, 2.05) is 6.26 Å². The summed E-state index contributed by atoms with van der Waals surface area (Å²) in [6, 6.07) is 0. The van der Waals surface area contributed by atoms with Crippen molar-refractivity contribution in [1.29, 1.82) is 0 Å². The zero-order valence-electron chi connectivity index (χ0n) is 10.9. The fourth-order valence-electron chi connectivity index (χ4n) is 2.48. The lowest BCUT2D eigenvalue weighted by Gasteiger charge is -2.38. The maximum atomic E-state index is 11.5. The van der Waals surface area contributed by atoms with Crippen LogP contribution < -0.4 is 0 Å². The molecule has 1 rings (SSSR count). The minimum Gasteiger partial charge on any atom is -0.459 e. The molecule has 2 nitrogen and oxygen atoms in total. The second-order valence-corrected chi connectivity index (χ2v) is 6.33. The van der Waals surface area contributed by atoms with E-state index >= 15 is 0 Å². The van der Waals surface area contributed by atoms with E-state index < -0.39 is 0 Å². The van der Waals surface area contributed by atoms with Crippen LogP contribution in [0, 0.1) is 11.8 Å². The molecule has 3 heteroatoms. The Bertz CT molecular complexity index is 230. The van der Waals surface area contributed by atoms with Crippen molar-refractivity contribution in [3.63, 3.8) is 0 Å². The first-order valence-electron chi connectivity index (χ1n) is 6.16. The van der Waals surface area contributed by atoms with Gasteiger partial charge in [0.2, 0.25) is 0 Å². The highest BCUT2D eigenvalue weighted by Gasteiger charge is 2.35. The Morgan fingerprint density at radius 1 is 1.31 bits per heavy atom. The first-order valence-corrected chi connectivity index (χ1v) is 7.56. The Labute approximate surface area is 104 Å². The lowest BCUT2D eigenvalue weighted by atomic mass is 9.75. The highest BCUT2D eigenvalue weighted by atomic mass is 32.2. The van der Waals surface area contributed by atoms with E-state index in [1.165, 1.54) is 37.4 Å². The van der Waals surface area contributed by atoms with Gasteiger partial charge >= 0.3 is 5.97 Å². The molecule has 0 N–H and O–H groups in total. The highest BCUT2D eigenvalue weighted by Crippen LogP contribution is 2.37. The third-order valence-electron chi connectivity index (χ3n) is 3.64. The molecule has 1 fully saturated rings. The minimum atomic E-state index is -0.285. The van der Waals surface area contributed by atoms with E-state index in [0.717, 1.165) is 5.92 Å². The van der Waals surface area contributed by atoms with Crippen molar-refractivity contribution in [3.8, 4) is 0 Å². The summed E-state index contributed by atoms with van der Waals surface area (Å²) in [6.07, 6.45) is 6.86. The lowest BCUT2D eigenvalue weighted by molar-refractivity contribution is -0.159. The van der Waals surface area contributed by atoms with Crippen LogP contribution in [0.25, 0.3) is 0 Å². The van der Waals surface area contributed by atoms with Gasteiger partial charge in [-0.2, -0.15) is 11.8 Å². The van der Waals surface area contributed by atoms with Gasteiger partial charge in [0.05, 0.1) is 5.75 Å². The predicted octanol–water partition coefficient (Wildman–Crippen LogP) is 3.50. The summed E-state index contributed by atoms with van der Waals surface area (Å²) in [5, 5.41) is 0. The number of esters is 1. The SMILES string of the molecule is CSCC(=O)OC(C)(C)C1CCC(C)CC1. The van der Waals surface area contributed by atoms with Crippen LogP contribution in [-0.2, 0) is 9.53 Å². The molecule has 0 spiro atoms. The number of rotatable bonds is 4. The number of hydrogen-bond donors (Lipinski definition) is 0. The molecule has 0 aromatic rings. The average molecular weight is 244 g/mol. The molecule has 16 heavy (non-hydrogen) atoms. The second kappa shape index (κ2) is 5.95. The van der Waals surface area contributed by atoms with Crippen molar-refractivity contribution in [2.45, 2.75) is 52.1 Å². The van der Waals surface area contributed by atoms with Crippen LogP contribution in [0.5, 0.6) is 0 Å². The van der Waals surface area contributed by atoms with Crippen LogP contribution in [0.1, 0.15) is 46.5 Å². The Morgan fingerprint density at radius 2 is 1.88 bits per heavy atom. The fourth-order valence-corrected chi connectivity index (χ4v) is 2.77. The molecule has 0 saturated heterocycles. The van der Waals surface area contributed by atoms with Crippen molar-refractivity contribution in [3.05, 3.63) is 0 Å². The summed E-state index contributed by atoms with van der Waals surface area (Å²) in [6.45, 7) is 6.43. The van der Waals surface area contributed by atoms with Gasteiger partial charge in [0, 0.05) is 0 Å². The largest absolute Gasteiger partial charge is 0.459 e. The number of hydrogen-bond acceptors (Lipinski definition) is 3. The molecular weight excluding hydrogens is 220 g/mol. The Morgan fingerprint density at radius 3 is 2.38 bits per heavy atom. The van der Waals surface area contributed by atoms with Gasteiger partial charge in [-0.3, -0.25) is 4.79 Å². The first kappa shape index (κ1) is 13.9. The van der Waals surface area contributed by atoms with Gasteiger partial charge in [0.1, 0.15) is 5.60 Å². The van der Waals surface area contributed by atoms with Crippen LogP contribution in [-0.4, -0.2) is 23.6 Å². The molecule has 1 aliphatic carbocycles. The molecule has 0 bridgehead atoms. The lowest BCUT2D eigenvalue weighted by Crippen LogP contribution is -2.39. The van der Waals surface area contributed by atoms with Crippen LogP contribution in [0.3, 0.4) is 0 Å². The van der Waals surface area contributed by atoms with Crippen LogP contribution in [0.15, 0.2) is 0 Å². The van der Waals surface area contributed by atoms with Crippen molar-refractivity contribution in [2.75, 3.05) is 12.0 Å². The first-order chi connectivity index (χ1) is 7.45. The molecule has 0 atom stereocenters. The smallest absolute Gasteiger partial charge is 0.316 e.